The van der Waals surface area contributed by atoms with Crippen molar-refractivity contribution in [1.29, 1.82) is 0 Å². The zero-order valence-electron chi connectivity index (χ0n) is 24.6. The lowest BCUT2D eigenvalue weighted by atomic mass is 9.43. The number of carbonyl (C=O) groups is 2. The largest absolute Gasteiger partial charge is 0.496 e. The fraction of sp³-hybridized carbons (Fsp3) is 0.714. The molecule has 5 rings (SSSR count). The van der Waals surface area contributed by atoms with Crippen LogP contribution >= 0.6 is 0 Å². The molecule has 40 heavy (non-hydrogen) atoms. The number of methoxy groups -OCH3 is 1. The summed E-state index contributed by atoms with van der Waals surface area (Å²) in [5.41, 5.74) is -0.0533. The number of hydrogen-bond donors (Lipinski definition) is 2. The number of rotatable bonds is 10. The molecule has 1 heterocycles. The Hall–Kier alpha value is -2.15. The van der Waals surface area contributed by atoms with Crippen LogP contribution in [0.2, 0.25) is 0 Å². The summed E-state index contributed by atoms with van der Waals surface area (Å²) in [6.45, 7) is 12.0. The van der Waals surface area contributed by atoms with Crippen LogP contribution in [0.5, 0.6) is 5.75 Å². The number of para-hydroxylation sites is 1. The molecule has 2 bridgehead atoms. The van der Waals surface area contributed by atoms with Gasteiger partial charge in [0.25, 0.3) is 0 Å². The Morgan fingerprint density at radius 2 is 1.93 bits per heavy atom. The number of primary sulfonamides is 1. The molecule has 12 heteroatoms. The normalized spacial score (nSPS) is 27.8. The van der Waals surface area contributed by atoms with Crippen molar-refractivity contribution < 1.29 is 36.8 Å². The van der Waals surface area contributed by atoms with E-state index in [1.165, 1.54) is 7.11 Å². The van der Waals surface area contributed by atoms with E-state index < -0.39 is 40.3 Å². The van der Waals surface area contributed by atoms with Gasteiger partial charge in [-0.2, -0.15) is 0 Å². The summed E-state index contributed by atoms with van der Waals surface area (Å²) in [6, 6.07) is 5.22. The summed E-state index contributed by atoms with van der Waals surface area (Å²) in [5.74, 6) is -0.496. The highest BCUT2D eigenvalue weighted by molar-refractivity contribution is 7.89. The smallest absolute Gasteiger partial charge is 0.482 e. The molecule has 0 spiro atoms. The molecular weight excluding hydrogens is 535 g/mol. The number of esters is 1. The van der Waals surface area contributed by atoms with E-state index in [1.807, 2.05) is 6.07 Å². The highest BCUT2D eigenvalue weighted by Gasteiger charge is 2.68. The third kappa shape index (κ3) is 6.35. The zero-order chi connectivity index (χ0) is 29.7. The third-order valence-electron chi connectivity index (χ3n) is 8.84. The van der Waals surface area contributed by atoms with Gasteiger partial charge < -0.3 is 24.1 Å². The Labute approximate surface area is 238 Å². The minimum atomic E-state index is -3.67. The minimum absolute atomic E-state index is 0.0207. The Kier molecular flexibility index (Phi) is 8.41. The number of amides is 1. The number of benzene rings is 1. The molecule has 4 aliphatic rings. The fourth-order valence-corrected chi connectivity index (χ4v) is 7.26. The molecule has 3 saturated carbocycles. The summed E-state index contributed by atoms with van der Waals surface area (Å²) < 4.78 is 47.1. The van der Waals surface area contributed by atoms with E-state index in [4.69, 9.17) is 23.9 Å². The predicted octanol–water partition coefficient (Wildman–Crippen LogP) is 3.01. The van der Waals surface area contributed by atoms with Gasteiger partial charge in [-0.05, 0) is 82.3 Å². The molecule has 0 radical (unpaired) electrons. The van der Waals surface area contributed by atoms with Crippen molar-refractivity contribution in [3.05, 3.63) is 29.3 Å². The number of ether oxygens (including phenoxy) is 2. The van der Waals surface area contributed by atoms with Gasteiger partial charge in [-0.3, -0.25) is 4.79 Å². The summed E-state index contributed by atoms with van der Waals surface area (Å²) in [6.07, 6.45) is 2.22. The molecule has 5 unspecified atom stereocenters. The van der Waals surface area contributed by atoms with Gasteiger partial charge in [0, 0.05) is 6.42 Å². The van der Waals surface area contributed by atoms with Crippen molar-refractivity contribution in [3.8, 4) is 5.75 Å². The summed E-state index contributed by atoms with van der Waals surface area (Å²) in [7, 11) is -2.92. The van der Waals surface area contributed by atoms with Gasteiger partial charge in [0.05, 0.1) is 30.5 Å². The first-order valence-corrected chi connectivity index (χ1v) is 15.7. The highest BCUT2D eigenvalue weighted by atomic mass is 32.2. The van der Waals surface area contributed by atoms with E-state index in [9.17, 15) is 18.0 Å². The second kappa shape index (κ2) is 10.9. The first kappa shape index (κ1) is 30.8. The molecule has 1 saturated heterocycles. The van der Waals surface area contributed by atoms with Gasteiger partial charge in [0.2, 0.25) is 15.9 Å². The molecule has 1 amide bonds. The van der Waals surface area contributed by atoms with E-state index >= 15 is 0 Å². The number of hydrogen-bond acceptors (Lipinski definition) is 8. The van der Waals surface area contributed by atoms with E-state index in [-0.39, 0.29) is 48.0 Å². The summed E-state index contributed by atoms with van der Waals surface area (Å²) in [4.78, 5) is 25.9. The molecular formula is C28H43BN2O8S. The van der Waals surface area contributed by atoms with E-state index in [0.29, 0.717) is 23.1 Å². The molecule has 5 atom stereocenters. The molecule has 1 aromatic carbocycles. The molecule has 1 aliphatic heterocycles. The minimum Gasteiger partial charge on any atom is -0.496 e. The summed E-state index contributed by atoms with van der Waals surface area (Å²) in [5, 5.41) is 8.11. The highest BCUT2D eigenvalue weighted by Crippen LogP contribution is 2.65. The number of sulfonamides is 1. The monoisotopic (exact) mass is 578 g/mol. The Morgan fingerprint density at radius 3 is 2.52 bits per heavy atom. The maximum Gasteiger partial charge on any atom is 0.482 e. The van der Waals surface area contributed by atoms with Crippen LogP contribution in [-0.4, -0.2) is 63.5 Å². The van der Waals surface area contributed by atoms with Crippen molar-refractivity contribution in [3.63, 3.8) is 0 Å². The van der Waals surface area contributed by atoms with Crippen molar-refractivity contribution in [2.75, 3.05) is 12.9 Å². The van der Waals surface area contributed by atoms with E-state index in [1.54, 1.807) is 32.9 Å². The number of nitrogens with two attached hydrogens (primary N) is 1. The average molecular weight is 579 g/mol. The van der Waals surface area contributed by atoms with Gasteiger partial charge in [0.1, 0.15) is 16.9 Å². The van der Waals surface area contributed by atoms with Crippen LogP contribution < -0.4 is 15.2 Å². The Morgan fingerprint density at radius 1 is 1.23 bits per heavy atom. The van der Waals surface area contributed by atoms with Crippen LogP contribution in [0, 0.1) is 17.3 Å². The van der Waals surface area contributed by atoms with Gasteiger partial charge in [-0.25, -0.2) is 18.4 Å². The first-order chi connectivity index (χ1) is 18.4. The standard InChI is InChI=1S/C28H43BN2O8S/c1-26(2,3)37-25(33)19-11-8-10-17(24(19)36-7)14-22(31-23(32)12-9-13-40(30,34)35)29-38-21-16-18-15-20(27(18,4)5)28(21,6)39-29/h8,10-11,18,20-22H,9,12-16H2,1-7H3,(H,31,32)(H2,30,34,35). The molecule has 10 nitrogen and oxygen atoms in total. The first-order valence-electron chi connectivity index (χ1n) is 14.0. The molecule has 3 N–H and O–H groups in total. The van der Waals surface area contributed by atoms with Gasteiger partial charge >= 0.3 is 13.1 Å². The fourth-order valence-electron chi connectivity index (χ4n) is 6.72. The number of carbonyl (C=O) groups excluding carboxylic acids is 2. The maximum absolute atomic E-state index is 13.0. The molecule has 3 aliphatic carbocycles. The van der Waals surface area contributed by atoms with E-state index in [2.05, 4.69) is 26.1 Å². The second-order valence-electron chi connectivity index (χ2n) is 13.2. The third-order valence-corrected chi connectivity index (χ3v) is 9.69. The van der Waals surface area contributed by atoms with Gasteiger partial charge in [0.15, 0.2) is 0 Å². The lowest BCUT2D eigenvalue weighted by Crippen LogP contribution is -2.65. The lowest BCUT2D eigenvalue weighted by molar-refractivity contribution is -0.199. The van der Waals surface area contributed by atoms with Crippen molar-refractivity contribution in [2.45, 2.75) is 96.9 Å². The van der Waals surface area contributed by atoms with Crippen LogP contribution in [0.15, 0.2) is 18.2 Å². The second-order valence-corrected chi connectivity index (χ2v) is 14.9. The Balaban J connectivity index is 1.59. The zero-order valence-corrected chi connectivity index (χ0v) is 25.4. The van der Waals surface area contributed by atoms with Crippen LogP contribution in [0.3, 0.4) is 0 Å². The van der Waals surface area contributed by atoms with Crippen molar-refractivity contribution in [2.24, 2.45) is 22.4 Å². The van der Waals surface area contributed by atoms with E-state index in [0.717, 1.165) is 12.8 Å². The summed E-state index contributed by atoms with van der Waals surface area (Å²) >= 11 is 0. The molecule has 1 aromatic rings. The maximum atomic E-state index is 13.0. The van der Waals surface area contributed by atoms with Gasteiger partial charge in [-0.1, -0.05) is 26.0 Å². The Bertz CT molecular complexity index is 1250. The topological polar surface area (TPSA) is 143 Å². The molecule has 0 aromatic heterocycles. The SMILES string of the molecule is COc1c(CC(NC(=O)CCCS(N)(=O)=O)B2OC3CC4CC(C4(C)C)C3(C)O2)cccc1C(=O)OC(C)(C)C. The molecule has 4 fully saturated rings. The molecule has 222 valence electrons. The quantitative estimate of drug-likeness (QED) is 0.319. The average Bonchev–Trinajstić information content (AvgIpc) is 3.18. The van der Waals surface area contributed by atoms with Gasteiger partial charge in [-0.15, -0.1) is 0 Å². The van der Waals surface area contributed by atoms with Crippen molar-refractivity contribution in [1.82, 2.24) is 5.32 Å². The van der Waals surface area contributed by atoms with Crippen LogP contribution in [0.1, 0.15) is 83.1 Å². The van der Waals surface area contributed by atoms with Crippen LogP contribution in [-0.2, 0) is 35.3 Å². The van der Waals surface area contributed by atoms with Crippen LogP contribution in [0.25, 0.3) is 0 Å². The number of nitrogens with one attached hydrogen (secondary N) is 1. The lowest BCUT2D eigenvalue weighted by Gasteiger charge is -2.64. The predicted molar refractivity (Wildman–Crippen MR) is 151 cm³/mol. The van der Waals surface area contributed by atoms with Crippen LogP contribution in [0.4, 0.5) is 0 Å². The van der Waals surface area contributed by atoms with Crippen molar-refractivity contribution >= 4 is 29.0 Å².